The molecule has 0 aliphatic heterocycles. The largest absolute Gasteiger partial charge is 0.298 e. The van der Waals surface area contributed by atoms with E-state index in [0.29, 0.717) is 0 Å². The molecule has 3 heteroatoms. The summed E-state index contributed by atoms with van der Waals surface area (Å²) in [7, 11) is 0. The highest BCUT2D eigenvalue weighted by Crippen LogP contribution is 2.10. The zero-order valence-corrected chi connectivity index (χ0v) is 5.20. The molecule has 0 aromatic carbocycles. The Morgan fingerprint density at radius 2 is 2.33 bits per heavy atom. The van der Waals surface area contributed by atoms with Gasteiger partial charge in [0.05, 0.1) is 4.88 Å². The van der Waals surface area contributed by atoms with Crippen LogP contribution in [0.5, 0.6) is 0 Å². The second kappa shape index (κ2) is 2.55. The summed E-state index contributed by atoms with van der Waals surface area (Å²) in [5.74, 6) is 0. The van der Waals surface area contributed by atoms with Crippen molar-refractivity contribution < 1.29 is 12.3 Å². The number of thiophene rings is 1. The molecule has 0 unspecified atom stereocenters. The molecule has 46 valence electrons. The predicted molar refractivity (Wildman–Crippen MR) is 35.1 cm³/mol. The first kappa shape index (κ1) is 3.95. The Labute approximate surface area is 58.9 Å². The van der Waals surface area contributed by atoms with E-state index in [-0.39, 0.29) is 10.4 Å². The van der Waals surface area contributed by atoms with Crippen LogP contribution in [0, 0.1) is 0 Å². The first-order chi connectivity index (χ1) is 5.13. The highest BCUT2D eigenvalue weighted by atomic mass is 32.1. The molecular formula is C6H4O2S. The first-order valence-electron chi connectivity index (χ1n) is 3.22. The molecule has 0 saturated heterocycles. The lowest BCUT2D eigenvalue weighted by Gasteiger charge is -1.78. The quantitative estimate of drug-likeness (QED) is 0.584. The normalized spacial score (nSPS) is 12.0. The Hall–Kier alpha value is -0.960. The Morgan fingerprint density at radius 1 is 1.56 bits per heavy atom. The molecule has 0 spiro atoms. The van der Waals surface area contributed by atoms with Crippen LogP contribution in [0.1, 0.15) is 22.8 Å². The third-order valence-corrected chi connectivity index (χ3v) is 1.68. The second-order valence-electron chi connectivity index (χ2n) is 1.37. The average molecular weight is 142 g/mol. The van der Waals surface area contributed by atoms with Gasteiger partial charge in [-0.25, -0.2) is 0 Å². The Morgan fingerprint density at radius 3 is 2.78 bits per heavy atom. The molecule has 1 aromatic rings. The van der Waals surface area contributed by atoms with Gasteiger partial charge in [-0.2, -0.15) is 0 Å². The molecule has 0 atom stereocenters. The molecule has 0 saturated carbocycles. The van der Waals surface area contributed by atoms with Gasteiger partial charge in [-0.05, 0) is 11.4 Å². The van der Waals surface area contributed by atoms with E-state index in [4.69, 9.17) is 2.74 Å². The van der Waals surface area contributed by atoms with Crippen molar-refractivity contribution in [1.82, 2.24) is 0 Å². The first-order valence-corrected chi connectivity index (χ1v) is 3.10. The number of hydrogen-bond donors (Lipinski definition) is 0. The van der Waals surface area contributed by atoms with Crippen LogP contribution in [0.25, 0.3) is 0 Å². The Balaban J connectivity index is 3.16. The van der Waals surface area contributed by atoms with Crippen LogP contribution in [0.2, 0.25) is 0 Å². The summed E-state index contributed by atoms with van der Waals surface area (Å²) >= 11 is 1.01. The van der Waals surface area contributed by atoms with E-state index in [9.17, 15) is 9.59 Å². The lowest BCUT2D eigenvalue weighted by Crippen LogP contribution is -1.79. The van der Waals surface area contributed by atoms with Gasteiger partial charge in [-0.1, -0.05) is 0 Å². The zero-order valence-electron chi connectivity index (χ0n) is 6.38. The van der Waals surface area contributed by atoms with Crippen LogP contribution < -0.4 is 0 Å². The standard InChI is InChI=1S/C6H4O2S/c7-3-5-1-2-9-6(5)4-8/h1-4H/i3D,4D. The lowest BCUT2D eigenvalue weighted by atomic mass is 10.3. The molecule has 1 heterocycles. The van der Waals surface area contributed by atoms with E-state index in [1.807, 2.05) is 0 Å². The van der Waals surface area contributed by atoms with Gasteiger partial charge >= 0.3 is 0 Å². The average Bonchev–Trinajstić information content (AvgIpc) is 2.32. The molecular weight excluding hydrogens is 136 g/mol. The smallest absolute Gasteiger partial charge is 0.160 e. The molecule has 0 amide bonds. The fourth-order valence-corrected chi connectivity index (χ4v) is 1.09. The summed E-state index contributed by atoms with van der Waals surface area (Å²) in [6.45, 7) is 0. The van der Waals surface area contributed by atoms with Gasteiger partial charge in [0.15, 0.2) is 12.5 Å². The summed E-state index contributed by atoms with van der Waals surface area (Å²) < 4.78 is 13.4. The van der Waals surface area contributed by atoms with Gasteiger partial charge in [-0.15, -0.1) is 11.3 Å². The zero-order chi connectivity index (χ0) is 8.43. The van der Waals surface area contributed by atoms with Crippen molar-refractivity contribution in [2.24, 2.45) is 0 Å². The van der Waals surface area contributed by atoms with E-state index in [1.165, 1.54) is 11.4 Å². The van der Waals surface area contributed by atoms with E-state index in [1.54, 1.807) is 0 Å². The minimum atomic E-state index is -0.915. The lowest BCUT2D eigenvalue weighted by molar-refractivity contribution is 0.109. The fraction of sp³-hybridized carbons (Fsp3) is 0. The number of hydrogen-bond acceptors (Lipinski definition) is 3. The molecule has 0 radical (unpaired) electrons. The third-order valence-electron chi connectivity index (χ3n) is 0.868. The SMILES string of the molecule is [2H]C(=O)c1ccsc1C([2H])=O. The summed E-state index contributed by atoms with van der Waals surface area (Å²) in [4.78, 5) is 21.0. The van der Waals surface area contributed by atoms with Crippen molar-refractivity contribution in [3.8, 4) is 0 Å². The van der Waals surface area contributed by atoms with Gasteiger partial charge in [0.25, 0.3) is 0 Å². The number of carbonyl (C=O) groups excluding carboxylic acids is 2. The van der Waals surface area contributed by atoms with E-state index in [0.717, 1.165) is 11.3 Å². The van der Waals surface area contributed by atoms with Gasteiger partial charge in [-0.3, -0.25) is 9.59 Å². The van der Waals surface area contributed by atoms with Crippen molar-refractivity contribution in [3.05, 3.63) is 21.9 Å². The van der Waals surface area contributed by atoms with Gasteiger partial charge in [0, 0.05) is 5.56 Å². The minimum absolute atomic E-state index is 0.0231. The molecule has 0 aliphatic carbocycles. The maximum atomic E-state index is 10.5. The van der Waals surface area contributed by atoms with Crippen LogP contribution in [0.4, 0.5) is 0 Å². The second-order valence-corrected chi connectivity index (χ2v) is 2.28. The molecule has 2 nitrogen and oxygen atoms in total. The fourth-order valence-electron chi connectivity index (χ4n) is 0.469. The molecule has 1 rings (SSSR count). The third kappa shape index (κ3) is 1.05. The maximum Gasteiger partial charge on any atom is 0.160 e. The van der Waals surface area contributed by atoms with Crippen molar-refractivity contribution in [3.63, 3.8) is 0 Å². The number of aldehydes is 2. The van der Waals surface area contributed by atoms with Crippen LogP contribution in [-0.2, 0) is 0 Å². The van der Waals surface area contributed by atoms with Crippen LogP contribution in [0.15, 0.2) is 11.4 Å². The predicted octanol–water partition coefficient (Wildman–Crippen LogP) is 1.37. The minimum Gasteiger partial charge on any atom is -0.298 e. The van der Waals surface area contributed by atoms with E-state index < -0.39 is 12.5 Å². The van der Waals surface area contributed by atoms with Crippen molar-refractivity contribution in [1.29, 1.82) is 0 Å². The van der Waals surface area contributed by atoms with Gasteiger partial charge in [0.1, 0.15) is 2.74 Å². The van der Waals surface area contributed by atoms with E-state index in [2.05, 4.69) is 0 Å². The summed E-state index contributed by atoms with van der Waals surface area (Å²) in [6.07, 6.45) is -1.82. The summed E-state index contributed by atoms with van der Waals surface area (Å²) in [5, 5.41) is 1.52. The van der Waals surface area contributed by atoms with E-state index >= 15 is 0 Å². The van der Waals surface area contributed by atoms with Crippen molar-refractivity contribution in [2.45, 2.75) is 0 Å². The van der Waals surface area contributed by atoms with Gasteiger partial charge < -0.3 is 0 Å². The van der Waals surface area contributed by atoms with Crippen LogP contribution in [-0.4, -0.2) is 12.5 Å². The number of rotatable bonds is 2. The summed E-state index contributed by atoms with van der Waals surface area (Å²) in [5.41, 5.74) is 0.0231. The van der Waals surface area contributed by atoms with Crippen molar-refractivity contribution in [2.75, 3.05) is 0 Å². The Bertz CT molecular complexity index is 277. The molecule has 0 aliphatic rings. The topological polar surface area (TPSA) is 34.1 Å². The van der Waals surface area contributed by atoms with Gasteiger partial charge in [0.2, 0.25) is 0 Å². The molecule has 0 N–H and O–H groups in total. The number of carbonyl (C=O) groups is 2. The Kier molecular flexibility index (Phi) is 1.12. The molecule has 1 aromatic heterocycles. The monoisotopic (exact) mass is 142 g/mol. The van der Waals surface area contributed by atoms with Crippen LogP contribution in [0.3, 0.4) is 0 Å². The molecule has 0 fully saturated rings. The van der Waals surface area contributed by atoms with Crippen LogP contribution >= 0.6 is 11.3 Å². The van der Waals surface area contributed by atoms with Crippen molar-refractivity contribution >= 4 is 23.9 Å². The molecule has 9 heavy (non-hydrogen) atoms. The molecule has 0 bridgehead atoms. The summed E-state index contributed by atoms with van der Waals surface area (Å²) in [6, 6.07) is 1.38. The highest BCUT2D eigenvalue weighted by Gasteiger charge is 1.98. The maximum absolute atomic E-state index is 10.5. The highest BCUT2D eigenvalue weighted by molar-refractivity contribution is 7.12.